The Morgan fingerprint density at radius 1 is 1.05 bits per heavy atom. The predicted octanol–water partition coefficient (Wildman–Crippen LogP) is 4.62. The molecule has 0 spiro atoms. The SMILES string of the molecule is C=CCOc1ccccc1C=Nc1c(C)cccc1C. The fraction of sp³-hybridized carbons (Fsp3) is 0.167. The number of hydrogen-bond acceptors (Lipinski definition) is 2. The van der Waals surface area contributed by atoms with E-state index in [0.717, 1.165) is 17.0 Å². The molecule has 0 aliphatic rings. The van der Waals surface area contributed by atoms with E-state index in [1.54, 1.807) is 6.08 Å². The molecule has 0 heterocycles. The maximum atomic E-state index is 5.63. The lowest BCUT2D eigenvalue weighted by atomic mass is 10.1. The molecular weight excluding hydrogens is 246 g/mol. The van der Waals surface area contributed by atoms with Gasteiger partial charge in [0, 0.05) is 11.8 Å². The van der Waals surface area contributed by atoms with Crippen LogP contribution < -0.4 is 4.74 Å². The predicted molar refractivity (Wildman–Crippen MR) is 85.3 cm³/mol. The van der Waals surface area contributed by atoms with Crippen LogP contribution in [0.3, 0.4) is 0 Å². The first-order valence-corrected chi connectivity index (χ1v) is 6.65. The van der Waals surface area contributed by atoms with Crippen molar-refractivity contribution in [2.75, 3.05) is 6.61 Å². The lowest BCUT2D eigenvalue weighted by molar-refractivity contribution is 0.363. The van der Waals surface area contributed by atoms with Crippen molar-refractivity contribution in [2.45, 2.75) is 13.8 Å². The minimum atomic E-state index is 0.494. The molecule has 2 aromatic rings. The van der Waals surface area contributed by atoms with Crippen LogP contribution >= 0.6 is 0 Å². The highest BCUT2D eigenvalue weighted by molar-refractivity contribution is 5.86. The Kier molecular flexibility index (Phi) is 4.72. The number of benzene rings is 2. The molecule has 2 nitrogen and oxygen atoms in total. The molecule has 2 heteroatoms. The molecule has 20 heavy (non-hydrogen) atoms. The largest absolute Gasteiger partial charge is 0.489 e. The Bertz CT molecular complexity index is 609. The summed E-state index contributed by atoms with van der Waals surface area (Å²) in [4.78, 5) is 4.61. The number of hydrogen-bond donors (Lipinski definition) is 0. The third-order valence-corrected chi connectivity index (χ3v) is 3.05. The molecule has 0 aliphatic carbocycles. The molecule has 0 aromatic heterocycles. The Balaban J connectivity index is 2.29. The molecule has 102 valence electrons. The monoisotopic (exact) mass is 265 g/mol. The van der Waals surface area contributed by atoms with E-state index in [9.17, 15) is 0 Å². The zero-order chi connectivity index (χ0) is 14.4. The van der Waals surface area contributed by atoms with Crippen molar-refractivity contribution in [1.29, 1.82) is 0 Å². The van der Waals surface area contributed by atoms with Crippen molar-refractivity contribution < 1.29 is 4.74 Å². The summed E-state index contributed by atoms with van der Waals surface area (Å²) in [5, 5.41) is 0. The van der Waals surface area contributed by atoms with E-state index in [-0.39, 0.29) is 0 Å². The average Bonchev–Trinajstić information content (AvgIpc) is 2.45. The molecular formula is C18H19NO. The third-order valence-electron chi connectivity index (χ3n) is 3.05. The fourth-order valence-electron chi connectivity index (χ4n) is 2.01. The van der Waals surface area contributed by atoms with Crippen molar-refractivity contribution >= 4 is 11.9 Å². The highest BCUT2D eigenvalue weighted by atomic mass is 16.5. The van der Waals surface area contributed by atoms with Gasteiger partial charge in [-0.1, -0.05) is 43.0 Å². The molecule has 0 saturated heterocycles. The number of aryl methyl sites for hydroxylation is 2. The molecule has 0 bridgehead atoms. The number of aliphatic imine (C=N–C) groups is 1. The van der Waals surface area contributed by atoms with Crippen molar-refractivity contribution in [3.8, 4) is 5.75 Å². The first-order valence-electron chi connectivity index (χ1n) is 6.65. The lowest BCUT2D eigenvalue weighted by Crippen LogP contribution is -1.96. The van der Waals surface area contributed by atoms with E-state index in [2.05, 4.69) is 37.6 Å². The van der Waals surface area contributed by atoms with Crippen molar-refractivity contribution in [3.05, 3.63) is 71.8 Å². The Morgan fingerprint density at radius 2 is 1.75 bits per heavy atom. The molecule has 0 N–H and O–H groups in total. The quantitative estimate of drug-likeness (QED) is 0.571. The summed E-state index contributed by atoms with van der Waals surface area (Å²) in [5.41, 5.74) is 4.33. The van der Waals surface area contributed by atoms with Gasteiger partial charge in [0.05, 0.1) is 5.69 Å². The van der Waals surface area contributed by atoms with Gasteiger partial charge in [-0.3, -0.25) is 4.99 Å². The first-order chi connectivity index (χ1) is 9.72. The second kappa shape index (κ2) is 6.71. The topological polar surface area (TPSA) is 21.6 Å². The van der Waals surface area contributed by atoms with Crippen LogP contribution in [0.5, 0.6) is 5.75 Å². The zero-order valence-corrected chi connectivity index (χ0v) is 12.0. The van der Waals surface area contributed by atoms with Crippen LogP contribution in [0.15, 0.2) is 60.1 Å². The number of para-hydroxylation sites is 2. The maximum Gasteiger partial charge on any atom is 0.128 e. The van der Waals surface area contributed by atoms with Gasteiger partial charge in [-0.15, -0.1) is 0 Å². The summed E-state index contributed by atoms with van der Waals surface area (Å²) in [6, 6.07) is 14.1. The molecule has 0 saturated carbocycles. The molecule has 2 aromatic carbocycles. The van der Waals surface area contributed by atoms with Crippen LogP contribution in [0.2, 0.25) is 0 Å². The minimum Gasteiger partial charge on any atom is -0.489 e. The van der Waals surface area contributed by atoms with Gasteiger partial charge in [0.2, 0.25) is 0 Å². The Morgan fingerprint density at radius 3 is 2.45 bits per heavy atom. The third kappa shape index (κ3) is 3.35. The number of nitrogens with zero attached hydrogens (tertiary/aromatic N) is 1. The van der Waals surface area contributed by atoms with Gasteiger partial charge < -0.3 is 4.74 Å². The van der Waals surface area contributed by atoms with Gasteiger partial charge >= 0.3 is 0 Å². The van der Waals surface area contributed by atoms with Crippen LogP contribution in [-0.4, -0.2) is 12.8 Å². The maximum absolute atomic E-state index is 5.63. The Hall–Kier alpha value is -2.35. The van der Waals surface area contributed by atoms with E-state index >= 15 is 0 Å². The van der Waals surface area contributed by atoms with Crippen LogP contribution in [0.4, 0.5) is 5.69 Å². The second-order valence-electron chi connectivity index (χ2n) is 4.64. The van der Waals surface area contributed by atoms with Crippen LogP contribution in [0.1, 0.15) is 16.7 Å². The molecule has 0 atom stereocenters. The highest BCUT2D eigenvalue weighted by Crippen LogP contribution is 2.24. The summed E-state index contributed by atoms with van der Waals surface area (Å²) in [6.45, 7) is 8.30. The fourth-order valence-corrected chi connectivity index (χ4v) is 2.01. The summed E-state index contributed by atoms with van der Waals surface area (Å²) < 4.78 is 5.63. The van der Waals surface area contributed by atoms with Crippen LogP contribution in [0.25, 0.3) is 0 Å². The summed E-state index contributed by atoms with van der Waals surface area (Å²) in [7, 11) is 0. The van der Waals surface area contributed by atoms with Gasteiger partial charge in [0.25, 0.3) is 0 Å². The minimum absolute atomic E-state index is 0.494. The molecule has 0 radical (unpaired) electrons. The van der Waals surface area contributed by atoms with Crippen LogP contribution in [0, 0.1) is 13.8 Å². The second-order valence-corrected chi connectivity index (χ2v) is 4.64. The molecule has 0 fully saturated rings. The lowest BCUT2D eigenvalue weighted by Gasteiger charge is -2.07. The van der Waals surface area contributed by atoms with E-state index in [1.807, 2.05) is 36.5 Å². The molecule has 2 rings (SSSR count). The van der Waals surface area contributed by atoms with Gasteiger partial charge in [-0.2, -0.15) is 0 Å². The van der Waals surface area contributed by atoms with E-state index in [4.69, 9.17) is 4.74 Å². The van der Waals surface area contributed by atoms with Crippen molar-refractivity contribution in [3.63, 3.8) is 0 Å². The average molecular weight is 265 g/mol. The smallest absolute Gasteiger partial charge is 0.128 e. The zero-order valence-electron chi connectivity index (χ0n) is 12.0. The normalized spacial score (nSPS) is 10.7. The van der Waals surface area contributed by atoms with E-state index in [0.29, 0.717) is 6.61 Å². The molecule has 0 unspecified atom stereocenters. The van der Waals surface area contributed by atoms with Crippen LogP contribution in [-0.2, 0) is 0 Å². The summed E-state index contributed by atoms with van der Waals surface area (Å²) in [5.74, 6) is 0.822. The first kappa shape index (κ1) is 14.1. The van der Waals surface area contributed by atoms with E-state index in [1.165, 1.54) is 11.1 Å². The number of rotatable bonds is 5. The van der Waals surface area contributed by atoms with Gasteiger partial charge in [-0.05, 0) is 37.1 Å². The molecule has 0 aliphatic heterocycles. The molecule has 0 amide bonds. The highest BCUT2D eigenvalue weighted by Gasteiger charge is 2.02. The standard InChI is InChI=1S/C18H19NO/c1-4-12-20-17-11-6-5-10-16(17)13-19-18-14(2)8-7-9-15(18)3/h4-11,13H,1,12H2,2-3H3. The number of ether oxygens (including phenoxy) is 1. The van der Waals surface area contributed by atoms with E-state index < -0.39 is 0 Å². The Labute approximate surface area is 120 Å². The summed E-state index contributed by atoms with van der Waals surface area (Å²) in [6.07, 6.45) is 3.59. The van der Waals surface area contributed by atoms with Crippen molar-refractivity contribution in [1.82, 2.24) is 0 Å². The van der Waals surface area contributed by atoms with Crippen molar-refractivity contribution in [2.24, 2.45) is 4.99 Å². The van der Waals surface area contributed by atoms with Gasteiger partial charge in [-0.25, -0.2) is 0 Å². The van der Waals surface area contributed by atoms with Gasteiger partial charge in [0.15, 0.2) is 0 Å². The summed E-state index contributed by atoms with van der Waals surface area (Å²) >= 11 is 0. The van der Waals surface area contributed by atoms with Gasteiger partial charge in [0.1, 0.15) is 12.4 Å².